The minimum absolute atomic E-state index is 0.233. The lowest BCUT2D eigenvalue weighted by Gasteiger charge is -2.25. The van der Waals surface area contributed by atoms with Gasteiger partial charge in [-0.05, 0) is 62.5 Å². The van der Waals surface area contributed by atoms with Gasteiger partial charge in [0, 0.05) is 12.1 Å². The van der Waals surface area contributed by atoms with Crippen molar-refractivity contribution >= 4 is 0 Å². The van der Waals surface area contributed by atoms with Crippen LogP contribution in [0.2, 0.25) is 0 Å². The van der Waals surface area contributed by atoms with Crippen LogP contribution in [-0.4, -0.2) is 12.1 Å². The smallest absolute Gasteiger partial charge is 0.00967 e. The Morgan fingerprint density at radius 1 is 1.11 bits per heavy atom. The average molecular weight is 259 g/mol. The largest absolute Gasteiger partial charge is 0.312 e. The first-order valence-corrected chi connectivity index (χ1v) is 7.64. The molecule has 106 valence electrons. The number of hydrogen-bond donors (Lipinski definition) is 1. The molecule has 1 aromatic carbocycles. The monoisotopic (exact) mass is 259 g/mol. The van der Waals surface area contributed by atoms with E-state index in [9.17, 15) is 0 Å². The number of benzene rings is 1. The van der Waals surface area contributed by atoms with Crippen molar-refractivity contribution < 1.29 is 0 Å². The summed E-state index contributed by atoms with van der Waals surface area (Å²) in [6, 6.07) is 9.25. The summed E-state index contributed by atoms with van der Waals surface area (Å²) in [7, 11) is 0. The van der Waals surface area contributed by atoms with Crippen LogP contribution < -0.4 is 5.32 Å². The molecule has 1 saturated carbocycles. The minimum atomic E-state index is 0.233. The Morgan fingerprint density at radius 2 is 1.68 bits per heavy atom. The van der Waals surface area contributed by atoms with E-state index in [1.807, 2.05) is 0 Å². The molecular formula is C18H29N. The number of nitrogens with one attached hydrogen (secondary N) is 1. The van der Waals surface area contributed by atoms with Crippen molar-refractivity contribution in [2.45, 2.75) is 65.3 Å². The van der Waals surface area contributed by atoms with E-state index in [0.29, 0.717) is 11.3 Å². The lowest BCUT2D eigenvalue weighted by atomic mass is 9.93. The van der Waals surface area contributed by atoms with E-state index >= 15 is 0 Å². The van der Waals surface area contributed by atoms with Gasteiger partial charge in [0.1, 0.15) is 0 Å². The lowest BCUT2D eigenvalue weighted by molar-refractivity contribution is 0.356. The van der Waals surface area contributed by atoms with E-state index in [4.69, 9.17) is 0 Å². The first kappa shape index (κ1) is 14.6. The van der Waals surface area contributed by atoms with Crippen molar-refractivity contribution in [3.8, 4) is 0 Å². The Morgan fingerprint density at radius 3 is 2.11 bits per heavy atom. The van der Waals surface area contributed by atoms with Crippen LogP contribution in [0, 0.1) is 5.41 Å². The molecule has 1 nitrogen and oxygen atoms in total. The lowest BCUT2D eigenvalue weighted by Crippen LogP contribution is -2.40. The Bertz CT molecular complexity index is 404. The van der Waals surface area contributed by atoms with Crippen molar-refractivity contribution in [2.75, 3.05) is 6.54 Å². The van der Waals surface area contributed by atoms with Gasteiger partial charge in [-0.3, -0.25) is 0 Å². The highest BCUT2D eigenvalue weighted by molar-refractivity contribution is 5.26. The first-order valence-electron chi connectivity index (χ1n) is 7.64. The molecule has 0 unspecified atom stereocenters. The molecule has 1 aliphatic carbocycles. The average Bonchev–Trinajstić information content (AvgIpc) is 3.07. The van der Waals surface area contributed by atoms with E-state index in [1.54, 1.807) is 0 Å². The molecule has 1 heteroatoms. The molecule has 19 heavy (non-hydrogen) atoms. The van der Waals surface area contributed by atoms with Crippen LogP contribution in [0.25, 0.3) is 0 Å². The van der Waals surface area contributed by atoms with Crippen molar-refractivity contribution in [1.82, 2.24) is 5.32 Å². The molecule has 1 fully saturated rings. The summed E-state index contributed by atoms with van der Waals surface area (Å²) in [4.78, 5) is 0. The van der Waals surface area contributed by atoms with E-state index in [0.717, 1.165) is 6.54 Å². The Labute approximate surface area is 118 Å². The van der Waals surface area contributed by atoms with Gasteiger partial charge in [0.25, 0.3) is 0 Å². The van der Waals surface area contributed by atoms with Gasteiger partial charge < -0.3 is 5.32 Å². The van der Waals surface area contributed by atoms with Crippen molar-refractivity contribution in [2.24, 2.45) is 5.41 Å². The molecule has 2 rings (SSSR count). The fourth-order valence-corrected chi connectivity index (χ4v) is 2.50. The van der Waals surface area contributed by atoms with Crippen LogP contribution in [0.1, 0.15) is 64.5 Å². The molecule has 0 heterocycles. The van der Waals surface area contributed by atoms with Crippen LogP contribution in [-0.2, 0) is 6.42 Å². The SMILES string of the molecule is CC(C)c1ccc(CC2(CNC(C)(C)C)CC2)cc1. The van der Waals surface area contributed by atoms with Crippen molar-refractivity contribution in [1.29, 1.82) is 0 Å². The van der Waals surface area contributed by atoms with E-state index in [2.05, 4.69) is 64.2 Å². The second-order valence-electron chi connectivity index (χ2n) is 7.68. The quantitative estimate of drug-likeness (QED) is 0.819. The summed E-state index contributed by atoms with van der Waals surface area (Å²) in [5.41, 5.74) is 3.71. The van der Waals surface area contributed by atoms with Gasteiger partial charge in [-0.15, -0.1) is 0 Å². The first-order chi connectivity index (χ1) is 8.80. The van der Waals surface area contributed by atoms with Gasteiger partial charge in [-0.1, -0.05) is 38.1 Å². The molecule has 0 saturated heterocycles. The summed E-state index contributed by atoms with van der Waals surface area (Å²) in [5.74, 6) is 0.631. The fourth-order valence-electron chi connectivity index (χ4n) is 2.50. The van der Waals surface area contributed by atoms with Gasteiger partial charge in [-0.25, -0.2) is 0 Å². The normalized spacial score (nSPS) is 17.8. The fraction of sp³-hybridized carbons (Fsp3) is 0.667. The molecular weight excluding hydrogens is 230 g/mol. The second kappa shape index (κ2) is 5.28. The topological polar surface area (TPSA) is 12.0 Å². The van der Waals surface area contributed by atoms with Crippen molar-refractivity contribution in [3.05, 3.63) is 35.4 Å². The van der Waals surface area contributed by atoms with Crippen LogP contribution in [0.5, 0.6) is 0 Å². The van der Waals surface area contributed by atoms with Crippen LogP contribution in [0.3, 0.4) is 0 Å². The van der Waals surface area contributed by atoms with Gasteiger partial charge in [0.2, 0.25) is 0 Å². The molecule has 0 amide bonds. The summed E-state index contributed by atoms with van der Waals surface area (Å²) < 4.78 is 0. The Hall–Kier alpha value is -0.820. The molecule has 0 aliphatic heterocycles. The third kappa shape index (κ3) is 4.35. The number of rotatable bonds is 5. The van der Waals surface area contributed by atoms with Gasteiger partial charge >= 0.3 is 0 Å². The maximum Gasteiger partial charge on any atom is 0.00967 e. The molecule has 0 aromatic heterocycles. The van der Waals surface area contributed by atoms with Gasteiger partial charge in [0.15, 0.2) is 0 Å². The highest BCUT2D eigenvalue weighted by atomic mass is 15.0. The molecule has 1 N–H and O–H groups in total. The van der Waals surface area contributed by atoms with Crippen LogP contribution >= 0.6 is 0 Å². The predicted molar refractivity (Wildman–Crippen MR) is 83.7 cm³/mol. The highest BCUT2D eigenvalue weighted by Crippen LogP contribution is 2.48. The molecule has 1 aromatic rings. The zero-order valence-corrected chi connectivity index (χ0v) is 13.2. The zero-order chi connectivity index (χ0) is 14.1. The summed E-state index contributed by atoms with van der Waals surface area (Å²) in [5, 5.41) is 3.67. The van der Waals surface area contributed by atoms with E-state index in [-0.39, 0.29) is 5.54 Å². The summed E-state index contributed by atoms with van der Waals surface area (Å²) in [6.45, 7) is 12.4. The maximum atomic E-state index is 3.67. The summed E-state index contributed by atoms with van der Waals surface area (Å²) >= 11 is 0. The standard InChI is InChI=1S/C18H29N/c1-14(2)16-8-6-15(7-9-16)12-18(10-11-18)13-19-17(3,4)5/h6-9,14,19H,10-13H2,1-5H3. The third-order valence-electron chi connectivity index (χ3n) is 4.18. The molecule has 1 aliphatic rings. The van der Waals surface area contributed by atoms with E-state index in [1.165, 1.54) is 30.4 Å². The molecule has 0 bridgehead atoms. The van der Waals surface area contributed by atoms with Gasteiger partial charge in [0.05, 0.1) is 0 Å². The Kier molecular flexibility index (Phi) is 4.06. The highest BCUT2D eigenvalue weighted by Gasteiger charge is 2.42. The third-order valence-corrected chi connectivity index (χ3v) is 4.18. The Balaban J connectivity index is 1.93. The van der Waals surface area contributed by atoms with Crippen molar-refractivity contribution in [3.63, 3.8) is 0 Å². The predicted octanol–water partition coefficient (Wildman–Crippen LogP) is 4.52. The minimum Gasteiger partial charge on any atom is -0.312 e. The zero-order valence-electron chi connectivity index (χ0n) is 13.2. The van der Waals surface area contributed by atoms with Gasteiger partial charge in [-0.2, -0.15) is 0 Å². The summed E-state index contributed by atoms with van der Waals surface area (Å²) in [6.07, 6.45) is 3.98. The molecule has 0 atom stereocenters. The molecule has 0 radical (unpaired) electrons. The van der Waals surface area contributed by atoms with Crippen LogP contribution in [0.15, 0.2) is 24.3 Å². The molecule has 0 spiro atoms. The van der Waals surface area contributed by atoms with E-state index < -0.39 is 0 Å². The van der Waals surface area contributed by atoms with Crippen LogP contribution in [0.4, 0.5) is 0 Å². The number of hydrogen-bond acceptors (Lipinski definition) is 1. The second-order valence-corrected chi connectivity index (χ2v) is 7.68. The maximum absolute atomic E-state index is 3.67.